The molecule has 0 aliphatic carbocycles. The summed E-state index contributed by atoms with van der Waals surface area (Å²) >= 11 is 7.49. The molecule has 0 spiro atoms. The zero-order valence-corrected chi connectivity index (χ0v) is 12.2. The number of aliphatic imine (C=N–C) groups is 1. The van der Waals surface area contributed by atoms with Crippen molar-refractivity contribution in [2.24, 2.45) is 4.99 Å². The van der Waals surface area contributed by atoms with Gasteiger partial charge in [0.25, 0.3) is 0 Å². The van der Waals surface area contributed by atoms with Gasteiger partial charge in [0.15, 0.2) is 5.70 Å². The van der Waals surface area contributed by atoms with Crippen LogP contribution in [0.5, 0.6) is 0 Å². The standard InChI is InChI=1S/C15H10ClNO2S/c1-9-5-6-20-13(9)8-12-15(18)19-14(17-12)10-3-2-4-11(16)7-10/h2-8H,1H3/b12-8-. The van der Waals surface area contributed by atoms with E-state index in [9.17, 15) is 4.79 Å². The first-order valence-electron chi connectivity index (χ1n) is 5.96. The van der Waals surface area contributed by atoms with Crippen LogP contribution in [0.2, 0.25) is 5.02 Å². The highest BCUT2D eigenvalue weighted by molar-refractivity contribution is 7.11. The molecule has 0 bridgehead atoms. The second kappa shape index (κ2) is 5.23. The number of halogens is 1. The van der Waals surface area contributed by atoms with E-state index in [4.69, 9.17) is 16.3 Å². The van der Waals surface area contributed by atoms with E-state index in [0.717, 1.165) is 10.4 Å². The van der Waals surface area contributed by atoms with Crippen molar-refractivity contribution in [3.05, 3.63) is 62.4 Å². The van der Waals surface area contributed by atoms with E-state index in [1.54, 1.807) is 41.7 Å². The summed E-state index contributed by atoms with van der Waals surface area (Å²) in [6.45, 7) is 1.99. The number of nitrogens with zero attached hydrogens (tertiary/aromatic N) is 1. The maximum atomic E-state index is 11.8. The highest BCUT2D eigenvalue weighted by Crippen LogP contribution is 2.24. The van der Waals surface area contributed by atoms with E-state index in [2.05, 4.69) is 4.99 Å². The Kier molecular flexibility index (Phi) is 3.42. The topological polar surface area (TPSA) is 38.7 Å². The van der Waals surface area contributed by atoms with Gasteiger partial charge in [-0.05, 0) is 48.2 Å². The highest BCUT2D eigenvalue weighted by Gasteiger charge is 2.24. The van der Waals surface area contributed by atoms with E-state index >= 15 is 0 Å². The summed E-state index contributed by atoms with van der Waals surface area (Å²) in [6, 6.07) is 9.07. The van der Waals surface area contributed by atoms with Gasteiger partial charge in [0, 0.05) is 15.5 Å². The molecule has 0 unspecified atom stereocenters. The van der Waals surface area contributed by atoms with Crippen molar-refractivity contribution in [3.8, 4) is 0 Å². The molecule has 0 N–H and O–H groups in total. The Bertz CT molecular complexity index is 746. The van der Waals surface area contributed by atoms with Crippen molar-refractivity contribution in [1.29, 1.82) is 0 Å². The molecule has 20 heavy (non-hydrogen) atoms. The Morgan fingerprint density at radius 2 is 2.20 bits per heavy atom. The molecule has 3 rings (SSSR count). The molecule has 0 radical (unpaired) electrons. The molecule has 1 aromatic carbocycles. The Balaban J connectivity index is 1.97. The lowest BCUT2D eigenvalue weighted by molar-refractivity contribution is -0.129. The predicted octanol–water partition coefficient (Wildman–Crippen LogP) is 4.05. The van der Waals surface area contributed by atoms with Crippen LogP contribution in [-0.4, -0.2) is 11.9 Å². The molecule has 1 aromatic heterocycles. The molecule has 1 aliphatic rings. The first-order valence-corrected chi connectivity index (χ1v) is 7.22. The van der Waals surface area contributed by atoms with Gasteiger partial charge in [-0.1, -0.05) is 17.7 Å². The number of hydrogen-bond acceptors (Lipinski definition) is 4. The lowest BCUT2D eigenvalue weighted by atomic mass is 10.2. The fourth-order valence-corrected chi connectivity index (χ4v) is 2.85. The van der Waals surface area contributed by atoms with Crippen molar-refractivity contribution >= 4 is 40.9 Å². The minimum absolute atomic E-state index is 0.290. The molecular formula is C15H10ClNO2S. The van der Waals surface area contributed by atoms with Crippen LogP contribution in [0.1, 0.15) is 16.0 Å². The van der Waals surface area contributed by atoms with Crippen LogP contribution in [0.15, 0.2) is 46.4 Å². The van der Waals surface area contributed by atoms with Crippen LogP contribution in [0.3, 0.4) is 0 Å². The quantitative estimate of drug-likeness (QED) is 0.620. The summed E-state index contributed by atoms with van der Waals surface area (Å²) in [7, 11) is 0. The fraction of sp³-hybridized carbons (Fsp3) is 0.0667. The summed E-state index contributed by atoms with van der Waals surface area (Å²) in [5.74, 6) is -0.147. The van der Waals surface area contributed by atoms with Crippen LogP contribution in [0.25, 0.3) is 6.08 Å². The van der Waals surface area contributed by atoms with E-state index in [1.807, 2.05) is 18.4 Å². The zero-order chi connectivity index (χ0) is 14.1. The van der Waals surface area contributed by atoms with Crippen LogP contribution < -0.4 is 0 Å². The normalized spacial score (nSPS) is 16.4. The van der Waals surface area contributed by atoms with E-state index in [0.29, 0.717) is 16.3 Å². The smallest absolute Gasteiger partial charge is 0.363 e. The first kappa shape index (κ1) is 13.1. The van der Waals surface area contributed by atoms with Crippen LogP contribution >= 0.6 is 22.9 Å². The summed E-state index contributed by atoms with van der Waals surface area (Å²) < 4.78 is 5.19. The monoisotopic (exact) mass is 303 g/mol. The maximum Gasteiger partial charge on any atom is 0.363 e. The molecular weight excluding hydrogens is 294 g/mol. The third kappa shape index (κ3) is 2.53. The Hall–Kier alpha value is -1.91. The summed E-state index contributed by atoms with van der Waals surface area (Å²) in [5, 5.41) is 2.55. The molecule has 2 aromatic rings. The van der Waals surface area contributed by atoms with Gasteiger partial charge < -0.3 is 4.74 Å². The molecule has 1 aliphatic heterocycles. The zero-order valence-electron chi connectivity index (χ0n) is 10.6. The van der Waals surface area contributed by atoms with Crippen LogP contribution in [0, 0.1) is 6.92 Å². The average Bonchev–Trinajstić information content (AvgIpc) is 2.98. The third-order valence-electron chi connectivity index (χ3n) is 2.86. The van der Waals surface area contributed by atoms with E-state index in [-0.39, 0.29) is 5.90 Å². The SMILES string of the molecule is Cc1ccsc1/C=C1\N=C(c2cccc(Cl)c2)OC1=O. The number of carbonyl (C=O) groups excluding carboxylic acids is 1. The lowest BCUT2D eigenvalue weighted by Gasteiger charge is -1.98. The van der Waals surface area contributed by atoms with Crippen molar-refractivity contribution in [3.63, 3.8) is 0 Å². The van der Waals surface area contributed by atoms with E-state index in [1.165, 1.54) is 0 Å². The minimum Gasteiger partial charge on any atom is -0.402 e. The second-order valence-corrected chi connectivity index (χ2v) is 5.70. The average molecular weight is 304 g/mol. The van der Waals surface area contributed by atoms with Gasteiger partial charge in [-0.3, -0.25) is 0 Å². The molecule has 0 atom stereocenters. The van der Waals surface area contributed by atoms with Crippen LogP contribution in [-0.2, 0) is 9.53 Å². The lowest BCUT2D eigenvalue weighted by Crippen LogP contribution is -2.05. The van der Waals surface area contributed by atoms with Gasteiger partial charge in [0.2, 0.25) is 5.90 Å². The maximum absolute atomic E-state index is 11.8. The van der Waals surface area contributed by atoms with E-state index < -0.39 is 5.97 Å². The largest absolute Gasteiger partial charge is 0.402 e. The predicted molar refractivity (Wildman–Crippen MR) is 81.1 cm³/mol. The fourth-order valence-electron chi connectivity index (χ4n) is 1.81. The molecule has 5 heteroatoms. The molecule has 0 saturated carbocycles. The van der Waals surface area contributed by atoms with Gasteiger partial charge in [0.05, 0.1) is 0 Å². The number of thiophene rings is 1. The van der Waals surface area contributed by atoms with Crippen molar-refractivity contribution in [2.45, 2.75) is 6.92 Å². The van der Waals surface area contributed by atoms with Gasteiger partial charge in [-0.25, -0.2) is 9.79 Å². The van der Waals surface area contributed by atoms with Crippen LogP contribution in [0.4, 0.5) is 0 Å². The number of cyclic esters (lactones) is 1. The number of esters is 1. The second-order valence-electron chi connectivity index (χ2n) is 4.31. The number of carbonyl (C=O) groups is 1. The van der Waals surface area contributed by atoms with Crippen molar-refractivity contribution in [2.75, 3.05) is 0 Å². The number of hydrogen-bond donors (Lipinski definition) is 0. The Labute approximate surface area is 125 Å². The molecule has 0 fully saturated rings. The number of ether oxygens (including phenoxy) is 1. The number of benzene rings is 1. The van der Waals surface area contributed by atoms with Crippen molar-refractivity contribution < 1.29 is 9.53 Å². The first-order chi connectivity index (χ1) is 9.63. The highest BCUT2D eigenvalue weighted by atomic mass is 35.5. The van der Waals surface area contributed by atoms with Gasteiger partial charge in [0.1, 0.15) is 0 Å². The Morgan fingerprint density at radius 1 is 1.35 bits per heavy atom. The number of aryl methyl sites for hydroxylation is 1. The Morgan fingerprint density at radius 3 is 2.90 bits per heavy atom. The molecule has 0 saturated heterocycles. The molecule has 0 amide bonds. The molecule has 2 heterocycles. The summed E-state index contributed by atoms with van der Waals surface area (Å²) in [5.41, 5.74) is 2.12. The number of rotatable bonds is 2. The minimum atomic E-state index is -0.437. The molecule has 100 valence electrons. The van der Waals surface area contributed by atoms with Gasteiger partial charge >= 0.3 is 5.97 Å². The van der Waals surface area contributed by atoms with Gasteiger partial charge in [-0.2, -0.15) is 0 Å². The summed E-state index contributed by atoms with van der Waals surface area (Å²) in [4.78, 5) is 17.1. The third-order valence-corrected chi connectivity index (χ3v) is 4.06. The molecule has 3 nitrogen and oxygen atoms in total. The summed E-state index contributed by atoms with van der Waals surface area (Å²) in [6.07, 6.45) is 1.75. The van der Waals surface area contributed by atoms with Gasteiger partial charge in [-0.15, -0.1) is 11.3 Å². The van der Waals surface area contributed by atoms with Crippen molar-refractivity contribution in [1.82, 2.24) is 0 Å².